The minimum Gasteiger partial charge on any atom is -0.459 e. The van der Waals surface area contributed by atoms with Gasteiger partial charge in [-0.3, -0.25) is 10.1 Å². The molecule has 0 spiro atoms. The molecule has 0 aromatic heterocycles. The zero-order valence-electron chi connectivity index (χ0n) is 9.19. The second kappa shape index (κ2) is 3.50. The Labute approximate surface area is 84.0 Å². The van der Waals surface area contributed by atoms with Gasteiger partial charge < -0.3 is 4.74 Å². The van der Waals surface area contributed by atoms with Crippen molar-refractivity contribution in [3.63, 3.8) is 0 Å². The van der Waals surface area contributed by atoms with Crippen LogP contribution in [-0.4, -0.2) is 29.8 Å². The topological polar surface area (TPSA) is 38.3 Å². The lowest BCUT2D eigenvalue weighted by Crippen LogP contribution is -2.48. The van der Waals surface area contributed by atoms with Crippen LogP contribution in [0.5, 0.6) is 0 Å². The number of rotatable bonds is 1. The van der Waals surface area contributed by atoms with E-state index in [1.165, 1.54) is 0 Å². The van der Waals surface area contributed by atoms with Crippen molar-refractivity contribution in [2.75, 3.05) is 6.54 Å². The van der Waals surface area contributed by atoms with Gasteiger partial charge in [-0.15, -0.1) is 0 Å². The van der Waals surface area contributed by atoms with Crippen molar-refractivity contribution in [3.8, 4) is 0 Å². The van der Waals surface area contributed by atoms with Gasteiger partial charge in [0.25, 0.3) is 0 Å². The van der Waals surface area contributed by atoms with Crippen molar-refractivity contribution in [3.05, 3.63) is 0 Å². The first kappa shape index (κ1) is 11.4. The lowest BCUT2D eigenvalue weighted by atomic mass is 10.00. The largest absolute Gasteiger partial charge is 0.459 e. The number of alkyl halides is 1. The zero-order chi connectivity index (χ0) is 11.0. The van der Waals surface area contributed by atoms with Gasteiger partial charge in [0, 0.05) is 13.0 Å². The fourth-order valence-corrected chi connectivity index (χ4v) is 1.47. The van der Waals surface area contributed by atoms with E-state index in [0.29, 0.717) is 0 Å². The highest BCUT2D eigenvalue weighted by molar-refractivity contribution is 5.81. The predicted molar refractivity (Wildman–Crippen MR) is 51.8 cm³/mol. The Bertz CT molecular complexity index is 237. The third kappa shape index (κ3) is 2.67. The number of ether oxygens (including phenoxy) is 1. The summed E-state index contributed by atoms with van der Waals surface area (Å²) in [6.45, 7) is 7.32. The van der Waals surface area contributed by atoms with Gasteiger partial charge in [-0.05, 0) is 27.7 Å². The Kier molecular flexibility index (Phi) is 2.86. The van der Waals surface area contributed by atoms with Crippen LogP contribution in [0.25, 0.3) is 0 Å². The molecule has 3 nitrogen and oxygen atoms in total. The molecular weight excluding hydrogens is 185 g/mol. The average molecular weight is 203 g/mol. The number of carbonyl (C=O) groups is 1. The van der Waals surface area contributed by atoms with Gasteiger partial charge in [0.15, 0.2) is 0 Å². The number of carbonyl (C=O) groups excluding carboxylic acids is 1. The molecule has 0 bridgehead atoms. The van der Waals surface area contributed by atoms with Gasteiger partial charge in [0.2, 0.25) is 0 Å². The van der Waals surface area contributed by atoms with Crippen LogP contribution >= 0.6 is 0 Å². The Balaban J connectivity index is 2.61. The van der Waals surface area contributed by atoms with Crippen LogP contribution < -0.4 is 5.32 Å². The molecule has 14 heavy (non-hydrogen) atoms. The van der Waals surface area contributed by atoms with Crippen LogP contribution in [0.3, 0.4) is 0 Å². The van der Waals surface area contributed by atoms with Gasteiger partial charge in [-0.2, -0.15) is 0 Å². The molecule has 1 aliphatic heterocycles. The van der Waals surface area contributed by atoms with Gasteiger partial charge >= 0.3 is 5.97 Å². The molecule has 1 heterocycles. The van der Waals surface area contributed by atoms with Crippen LogP contribution in [0.2, 0.25) is 0 Å². The third-order valence-corrected chi connectivity index (χ3v) is 2.19. The third-order valence-electron chi connectivity index (χ3n) is 2.19. The van der Waals surface area contributed by atoms with E-state index in [2.05, 4.69) is 5.32 Å². The number of hydrogen-bond acceptors (Lipinski definition) is 3. The minimum absolute atomic E-state index is 0.196. The SMILES string of the molecule is CC(C)(C)OC(=O)C1(C)CC(F)CN1. The lowest BCUT2D eigenvalue weighted by Gasteiger charge is -2.28. The average Bonchev–Trinajstić information content (AvgIpc) is 2.29. The van der Waals surface area contributed by atoms with Crippen LogP contribution in [0, 0.1) is 0 Å². The molecule has 0 aromatic carbocycles. The van der Waals surface area contributed by atoms with E-state index in [1.807, 2.05) is 0 Å². The molecule has 1 aliphatic rings. The van der Waals surface area contributed by atoms with E-state index in [4.69, 9.17) is 4.74 Å². The summed E-state index contributed by atoms with van der Waals surface area (Å²) in [5.41, 5.74) is -1.37. The maximum atomic E-state index is 12.9. The molecule has 0 aliphatic carbocycles. The molecule has 2 atom stereocenters. The first-order chi connectivity index (χ1) is 6.23. The Morgan fingerprint density at radius 2 is 2.14 bits per heavy atom. The van der Waals surface area contributed by atoms with Gasteiger partial charge in [-0.1, -0.05) is 0 Å². The van der Waals surface area contributed by atoms with Crippen molar-refractivity contribution in [1.82, 2.24) is 5.32 Å². The first-order valence-electron chi connectivity index (χ1n) is 4.85. The highest BCUT2D eigenvalue weighted by atomic mass is 19.1. The van der Waals surface area contributed by atoms with Crippen LogP contribution in [-0.2, 0) is 9.53 Å². The van der Waals surface area contributed by atoms with Crippen molar-refractivity contribution >= 4 is 5.97 Å². The molecule has 0 aromatic rings. The van der Waals surface area contributed by atoms with E-state index in [1.54, 1.807) is 27.7 Å². The normalized spacial score (nSPS) is 33.1. The van der Waals surface area contributed by atoms with Gasteiger partial charge in [0.05, 0.1) is 0 Å². The summed E-state index contributed by atoms with van der Waals surface area (Å²) in [4.78, 5) is 11.7. The number of esters is 1. The van der Waals surface area contributed by atoms with Gasteiger partial charge in [0.1, 0.15) is 17.3 Å². The number of hydrogen-bond donors (Lipinski definition) is 1. The Morgan fingerprint density at radius 1 is 1.57 bits per heavy atom. The summed E-state index contributed by atoms with van der Waals surface area (Å²) in [7, 11) is 0. The van der Waals surface area contributed by atoms with Crippen molar-refractivity contribution in [1.29, 1.82) is 0 Å². The fraction of sp³-hybridized carbons (Fsp3) is 0.900. The molecule has 82 valence electrons. The molecule has 0 radical (unpaired) electrons. The fourth-order valence-electron chi connectivity index (χ4n) is 1.47. The first-order valence-corrected chi connectivity index (χ1v) is 4.85. The molecule has 0 saturated carbocycles. The highest BCUT2D eigenvalue weighted by Gasteiger charge is 2.43. The molecular formula is C10H18FNO2. The van der Waals surface area contributed by atoms with Crippen LogP contribution in [0.4, 0.5) is 4.39 Å². The van der Waals surface area contributed by atoms with E-state index >= 15 is 0 Å². The summed E-state index contributed by atoms with van der Waals surface area (Å²) in [6, 6.07) is 0. The molecule has 1 rings (SSSR count). The number of halogens is 1. The van der Waals surface area contributed by atoms with Crippen molar-refractivity contribution in [2.45, 2.75) is 51.4 Å². The Hall–Kier alpha value is -0.640. The second-order valence-electron chi connectivity index (χ2n) is 5.02. The smallest absolute Gasteiger partial charge is 0.326 e. The van der Waals surface area contributed by atoms with Gasteiger partial charge in [-0.25, -0.2) is 4.39 Å². The molecule has 1 fully saturated rings. The van der Waals surface area contributed by atoms with Crippen LogP contribution in [0.15, 0.2) is 0 Å². The van der Waals surface area contributed by atoms with Crippen LogP contribution in [0.1, 0.15) is 34.1 Å². The minimum atomic E-state index is -0.951. The van der Waals surface area contributed by atoms with E-state index in [9.17, 15) is 9.18 Å². The molecule has 2 unspecified atom stereocenters. The molecule has 0 amide bonds. The molecule has 1 N–H and O–H groups in total. The molecule has 1 saturated heterocycles. The zero-order valence-corrected chi connectivity index (χ0v) is 9.19. The van der Waals surface area contributed by atoms with E-state index in [0.717, 1.165) is 0 Å². The standard InChI is InChI=1S/C10H18FNO2/c1-9(2,3)14-8(13)10(4)5-7(11)6-12-10/h7,12H,5-6H2,1-4H3. The predicted octanol–water partition coefficient (Wildman–Crippen LogP) is 1.42. The quantitative estimate of drug-likeness (QED) is 0.655. The number of nitrogens with one attached hydrogen (secondary N) is 1. The second-order valence-corrected chi connectivity index (χ2v) is 5.02. The summed E-state index contributed by atoms with van der Waals surface area (Å²) in [6.07, 6.45) is -0.755. The highest BCUT2D eigenvalue weighted by Crippen LogP contribution is 2.24. The summed E-state index contributed by atoms with van der Waals surface area (Å²) >= 11 is 0. The summed E-state index contributed by atoms with van der Waals surface area (Å²) in [5, 5.41) is 2.86. The lowest BCUT2D eigenvalue weighted by molar-refractivity contribution is -0.162. The maximum absolute atomic E-state index is 12.9. The van der Waals surface area contributed by atoms with Crippen molar-refractivity contribution < 1.29 is 13.9 Å². The summed E-state index contributed by atoms with van der Waals surface area (Å²) in [5.74, 6) is -0.370. The van der Waals surface area contributed by atoms with E-state index in [-0.39, 0.29) is 18.9 Å². The monoisotopic (exact) mass is 203 g/mol. The Morgan fingerprint density at radius 3 is 2.50 bits per heavy atom. The van der Waals surface area contributed by atoms with Crippen molar-refractivity contribution in [2.24, 2.45) is 0 Å². The maximum Gasteiger partial charge on any atom is 0.326 e. The molecule has 4 heteroatoms. The summed E-state index contributed by atoms with van der Waals surface area (Å²) < 4.78 is 18.1. The van der Waals surface area contributed by atoms with E-state index < -0.39 is 17.3 Å².